The highest BCUT2D eigenvalue weighted by molar-refractivity contribution is 8.00. The number of hydrogen-bond donors (Lipinski definition) is 9. The number of benzene rings is 2. The second-order valence-electron chi connectivity index (χ2n) is 15.4. The molecule has 0 fully saturated rings. The Bertz CT molecular complexity index is 2090. The first-order chi connectivity index (χ1) is 29.2. The van der Waals surface area contributed by atoms with Gasteiger partial charge in [0.25, 0.3) is 0 Å². The van der Waals surface area contributed by atoms with E-state index in [9.17, 15) is 53.3 Å². The van der Waals surface area contributed by atoms with Gasteiger partial charge in [-0.1, -0.05) is 69.8 Å². The minimum Gasteiger partial charge on any atom is -0.480 e. The van der Waals surface area contributed by atoms with Crippen molar-refractivity contribution < 1.29 is 58.4 Å². The van der Waals surface area contributed by atoms with Crippen LogP contribution in [0.25, 0.3) is 17.2 Å². The first-order valence-electron chi connectivity index (χ1n) is 19.4. The number of aliphatic carboxylic acids is 3. The van der Waals surface area contributed by atoms with Crippen LogP contribution >= 0.6 is 11.8 Å². The van der Waals surface area contributed by atoms with Gasteiger partial charge in [0.2, 0.25) is 23.6 Å². The summed E-state index contributed by atoms with van der Waals surface area (Å²) in [5.74, 6) is -8.38. The molecule has 3 rings (SSSR count). The molecule has 5 atom stereocenters. The Balaban J connectivity index is 1.75. The van der Waals surface area contributed by atoms with Crippen molar-refractivity contribution in [2.24, 2.45) is 16.9 Å². The zero-order valence-corrected chi connectivity index (χ0v) is 35.4. The van der Waals surface area contributed by atoms with Gasteiger partial charge in [0.15, 0.2) is 0 Å². The zero-order valence-electron chi connectivity index (χ0n) is 34.6. The van der Waals surface area contributed by atoms with Crippen LogP contribution in [0.15, 0.2) is 67.4 Å². The molecule has 0 bridgehead atoms. The normalized spacial score (nSPS) is 13.7. The van der Waals surface area contributed by atoms with Crippen molar-refractivity contribution in [3.8, 4) is 11.1 Å². The van der Waals surface area contributed by atoms with Crippen molar-refractivity contribution in [1.82, 2.24) is 25.4 Å². The third kappa shape index (κ3) is 14.8. The number of carbonyl (C=O) groups is 7. The lowest BCUT2D eigenvalue weighted by Gasteiger charge is -2.41. The number of carboxylic acid groups (broad SMARTS) is 3. The maximum atomic E-state index is 14.6. The second kappa shape index (κ2) is 23.2. The van der Waals surface area contributed by atoms with Gasteiger partial charge in [0.1, 0.15) is 29.8 Å². The number of amides is 4. The van der Waals surface area contributed by atoms with Crippen molar-refractivity contribution in [2.45, 2.75) is 69.6 Å². The largest absolute Gasteiger partial charge is 0.480 e. The van der Waals surface area contributed by atoms with Gasteiger partial charge in [-0.2, -0.15) is 0 Å². The summed E-state index contributed by atoms with van der Waals surface area (Å²) >= 11 is 0.637. The summed E-state index contributed by atoms with van der Waals surface area (Å²) < 4.78 is 16.5. The Morgan fingerprint density at radius 1 is 0.919 bits per heavy atom. The van der Waals surface area contributed by atoms with E-state index in [1.54, 1.807) is 12.1 Å². The molecule has 11 N–H and O–H groups in total. The van der Waals surface area contributed by atoms with Crippen molar-refractivity contribution >= 4 is 59.4 Å². The van der Waals surface area contributed by atoms with E-state index in [-0.39, 0.29) is 18.7 Å². The third-order valence-electron chi connectivity index (χ3n) is 9.56. The first kappa shape index (κ1) is 50.3. The fourth-order valence-corrected chi connectivity index (χ4v) is 7.43. The highest BCUT2D eigenvalue weighted by atomic mass is 32.2. The number of halogens is 1. The predicted octanol–water partition coefficient (Wildman–Crippen LogP) is 1.40. The van der Waals surface area contributed by atoms with Crippen molar-refractivity contribution in [2.75, 3.05) is 32.0 Å². The first-order valence-corrected chi connectivity index (χ1v) is 20.4. The Morgan fingerprint density at radius 2 is 1.60 bits per heavy atom. The number of rotatable bonds is 24. The van der Waals surface area contributed by atoms with E-state index in [0.717, 1.165) is 5.56 Å². The van der Waals surface area contributed by atoms with Gasteiger partial charge in [0, 0.05) is 49.3 Å². The maximum absolute atomic E-state index is 14.6. The van der Waals surface area contributed by atoms with Crippen LogP contribution in [0.1, 0.15) is 56.5 Å². The van der Waals surface area contributed by atoms with Crippen LogP contribution in [0.5, 0.6) is 0 Å². The van der Waals surface area contributed by atoms with E-state index in [4.69, 9.17) is 16.6 Å². The average molecular weight is 884 g/mol. The summed E-state index contributed by atoms with van der Waals surface area (Å²) in [5, 5.41) is 43.6. The average Bonchev–Trinajstić information content (AvgIpc) is 3.62. The minimum absolute atomic E-state index is 0.165. The van der Waals surface area contributed by atoms with Gasteiger partial charge in [0.05, 0.1) is 18.6 Å². The predicted molar refractivity (Wildman–Crippen MR) is 229 cm³/mol. The second-order valence-corrected chi connectivity index (χ2v) is 16.6. The van der Waals surface area contributed by atoms with Crippen LogP contribution in [0.4, 0.5) is 4.39 Å². The van der Waals surface area contributed by atoms with Crippen molar-refractivity contribution in [1.29, 1.82) is 0 Å². The zero-order chi connectivity index (χ0) is 46.3. The molecule has 0 radical (unpaired) electrons. The molecule has 0 saturated heterocycles. The van der Waals surface area contributed by atoms with E-state index in [2.05, 4.69) is 22.5 Å². The molecular weight excluding hydrogens is 830 g/mol. The highest BCUT2D eigenvalue weighted by Gasteiger charge is 2.38. The monoisotopic (exact) mass is 883 g/mol. The van der Waals surface area contributed by atoms with E-state index in [1.165, 1.54) is 17.0 Å². The lowest BCUT2D eigenvalue weighted by Crippen LogP contribution is -2.54. The lowest BCUT2D eigenvalue weighted by molar-refractivity contribution is -0.142. The minimum atomic E-state index is -1.68. The molecule has 3 aromatic rings. The van der Waals surface area contributed by atoms with Crippen LogP contribution in [-0.4, -0.2) is 127 Å². The molecule has 20 heteroatoms. The van der Waals surface area contributed by atoms with Gasteiger partial charge in [-0.15, -0.1) is 11.8 Å². The number of carboxylic acids is 3. The van der Waals surface area contributed by atoms with Crippen molar-refractivity contribution in [3.63, 3.8) is 0 Å². The number of carbonyl (C=O) groups excluding carboxylic acids is 4. The highest BCUT2D eigenvalue weighted by Crippen LogP contribution is 2.41. The van der Waals surface area contributed by atoms with Gasteiger partial charge >= 0.3 is 17.9 Å². The van der Waals surface area contributed by atoms with E-state index >= 15 is 0 Å². The van der Waals surface area contributed by atoms with Crippen molar-refractivity contribution in [3.05, 3.63) is 90.0 Å². The number of hydrogen-bond acceptors (Lipinski definition) is 11. The molecular formula is C42H54FN7O11S. The number of nitrogens with zero attached hydrogens (tertiary/aromatic N) is 2. The third-order valence-corrected chi connectivity index (χ3v) is 10.9. The number of nitrogens with one attached hydrogen (secondary N) is 3. The van der Waals surface area contributed by atoms with Crippen LogP contribution < -0.4 is 27.4 Å². The summed E-state index contributed by atoms with van der Waals surface area (Å²) in [6.45, 7) is 7.55. The quantitative estimate of drug-likeness (QED) is 0.0615. The fourth-order valence-electron chi connectivity index (χ4n) is 6.43. The summed E-state index contributed by atoms with van der Waals surface area (Å²) in [4.78, 5) is 87.5. The molecule has 4 amide bonds. The molecule has 62 heavy (non-hydrogen) atoms. The van der Waals surface area contributed by atoms with Gasteiger partial charge in [-0.3, -0.25) is 28.8 Å². The number of aliphatic hydroxyl groups is 1. The van der Waals surface area contributed by atoms with Crippen LogP contribution in [0, 0.1) is 11.2 Å². The van der Waals surface area contributed by atoms with Gasteiger partial charge in [-0.05, 0) is 46.7 Å². The Kier molecular flexibility index (Phi) is 18.8. The number of aliphatic hydroxyl groups excluding tert-OH is 1. The molecule has 1 unspecified atom stereocenters. The van der Waals surface area contributed by atoms with Crippen LogP contribution in [0.3, 0.4) is 0 Å². The molecule has 0 aliphatic rings. The maximum Gasteiger partial charge on any atom is 0.328 e. The van der Waals surface area contributed by atoms with Gasteiger partial charge < -0.3 is 57.3 Å². The molecule has 0 spiro atoms. The van der Waals surface area contributed by atoms with E-state index in [0.29, 0.717) is 40.7 Å². The van der Waals surface area contributed by atoms with E-state index in [1.807, 2.05) is 67.9 Å². The molecule has 0 saturated carbocycles. The molecule has 2 aromatic carbocycles. The lowest BCUT2D eigenvalue weighted by atomic mass is 9.82. The number of thioether (sulfide) groups is 1. The number of aromatic nitrogens is 1. The van der Waals surface area contributed by atoms with E-state index < -0.39 is 108 Å². The number of nitrogens with two attached hydrogens (primary N) is 2. The molecule has 18 nitrogen and oxygen atoms in total. The van der Waals surface area contributed by atoms with Gasteiger partial charge in [-0.25, -0.2) is 9.18 Å². The summed E-state index contributed by atoms with van der Waals surface area (Å²) in [7, 11) is 0. The molecule has 336 valence electrons. The van der Waals surface area contributed by atoms with Crippen LogP contribution in [0.2, 0.25) is 0 Å². The topological polar surface area (TPSA) is 297 Å². The smallest absolute Gasteiger partial charge is 0.328 e. The summed E-state index contributed by atoms with van der Waals surface area (Å²) in [6.07, 6.45) is 2.65. The Labute approximate surface area is 361 Å². The molecule has 1 heterocycles. The Morgan fingerprint density at radius 3 is 2.18 bits per heavy atom. The summed E-state index contributed by atoms with van der Waals surface area (Å²) in [5.41, 5.74) is 14.4. The SMILES string of the molecule is C=Cc1ccc(F)cc1-c1cc([C@H](N(CC[C@H](N)C(=O)N[C@H](CNC(=O)CNC(=O)CC(SC[C@H](N)C(=O)O)C(=O)O)C(=O)O)C(=O)CO)C(C)(C)C)n(Cc2ccccc2)c1. The molecule has 1 aromatic heterocycles. The van der Waals surface area contributed by atoms with Crippen LogP contribution in [-0.2, 0) is 40.1 Å². The standard InChI is InChI=1S/C42H54FN7O11S/c1-5-25-11-12-27(43)16-28(25)26-15-32(49(21-26)20-24-9-7-6-8-10-24)37(42(2,3)4)50(36(54)22-51)14-13-29(44)38(55)48-31(40(58)59)18-46-35(53)19-47-34(52)17-33(41(60)61)62-23-30(45)39(56)57/h5-12,15-16,21,29-31,33,37,51H,1,13-14,17-20,22-23,44-45H2,2-4H3,(H,46,53)(H,47,52)(H,48,55)(H,56,57)(H,58,59)(H,60,61)/t29-,30-,31+,33?,37-/m0/s1. The molecule has 0 aliphatic heterocycles. The molecule has 0 aliphatic carbocycles. The Hall–Kier alpha value is -6.09. The fraction of sp³-hybridized carbons (Fsp3) is 0.405. The summed E-state index contributed by atoms with van der Waals surface area (Å²) in [6, 6.07) is 10.5.